The van der Waals surface area contributed by atoms with E-state index in [-0.39, 0.29) is 16.9 Å². The average molecular weight is 393 g/mol. The minimum Gasteiger partial charge on any atom is -0.383 e. The first-order valence-electron chi connectivity index (χ1n) is 10.3. The van der Waals surface area contributed by atoms with Crippen LogP contribution in [0.2, 0.25) is 0 Å². The quantitative estimate of drug-likeness (QED) is 0.743. The fourth-order valence-electron chi connectivity index (χ4n) is 6.24. The molecule has 2 atom stereocenters. The van der Waals surface area contributed by atoms with Crippen molar-refractivity contribution in [2.45, 2.75) is 71.4 Å². The number of methoxy groups -OCH3 is 1. The van der Waals surface area contributed by atoms with Crippen molar-refractivity contribution in [1.29, 1.82) is 0 Å². The van der Waals surface area contributed by atoms with Crippen molar-refractivity contribution in [2.75, 3.05) is 20.3 Å². The van der Waals surface area contributed by atoms with Crippen LogP contribution in [0.25, 0.3) is 0 Å². The largest absolute Gasteiger partial charge is 0.383 e. The van der Waals surface area contributed by atoms with Crippen LogP contribution in [-0.4, -0.2) is 36.4 Å². The monoisotopic (exact) mass is 392 g/mol. The lowest BCUT2D eigenvalue weighted by atomic mass is 9.47. The van der Waals surface area contributed by atoms with E-state index in [1.165, 1.54) is 17.0 Å². The second-order valence-corrected chi connectivity index (χ2v) is 10.1. The van der Waals surface area contributed by atoms with Gasteiger partial charge in [0.25, 0.3) is 5.91 Å². The van der Waals surface area contributed by atoms with Gasteiger partial charge in [0.1, 0.15) is 0 Å². The van der Waals surface area contributed by atoms with Crippen molar-refractivity contribution in [2.24, 2.45) is 22.2 Å². The Balaban J connectivity index is 1.67. The predicted molar refractivity (Wildman–Crippen MR) is 106 cm³/mol. The Hall–Kier alpha value is -0.980. The van der Waals surface area contributed by atoms with Gasteiger partial charge in [-0.25, -0.2) is 0 Å². The third-order valence-electron chi connectivity index (χ3n) is 7.02. The third-order valence-corrected chi connectivity index (χ3v) is 8.11. The van der Waals surface area contributed by atoms with Crippen molar-refractivity contribution in [3.63, 3.8) is 0 Å². The third kappa shape index (κ3) is 3.34. The number of ether oxygens (including phenoxy) is 2. The van der Waals surface area contributed by atoms with E-state index in [1.807, 2.05) is 0 Å². The van der Waals surface area contributed by atoms with Crippen molar-refractivity contribution in [1.82, 2.24) is 4.57 Å². The number of amides is 1. The molecule has 6 heteroatoms. The van der Waals surface area contributed by atoms with E-state index in [2.05, 4.69) is 25.3 Å². The molecule has 0 aromatic carbocycles. The Bertz CT molecular complexity index is 780. The van der Waals surface area contributed by atoms with Crippen molar-refractivity contribution in [3.05, 3.63) is 15.4 Å². The van der Waals surface area contributed by atoms with Gasteiger partial charge in [-0.05, 0) is 71.1 Å². The highest BCUT2D eigenvalue weighted by Crippen LogP contribution is 2.63. The van der Waals surface area contributed by atoms with Gasteiger partial charge in [-0.1, -0.05) is 0 Å². The molecule has 27 heavy (non-hydrogen) atoms. The molecule has 1 aromatic heterocycles. The number of aromatic nitrogens is 1. The molecular formula is C21H32N2O3S. The van der Waals surface area contributed by atoms with Gasteiger partial charge in [0.05, 0.1) is 17.6 Å². The first-order valence-corrected chi connectivity index (χ1v) is 11.1. The van der Waals surface area contributed by atoms with Gasteiger partial charge >= 0.3 is 0 Å². The normalized spacial score (nSPS) is 35.2. The van der Waals surface area contributed by atoms with Gasteiger partial charge in [-0.15, -0.1) is 11.3 Å². The standard InChI is InChI=1S/C21H32N2O3S/c1-5-26-21-11-16-8-17(12-21)10-20(9-16,13-21)18(24)22-19-23(6-7-25-4)14(2)15(3)27-19/h16-17H,5-13H2,1-4H3/b22-19-. The van der Waals surface area contributed by atoms with E-state index in [0.29, 0.717) is 18.4 Å². The van der Waals surface area contributed by atoms with Gasteiger partial charge in [-0.3, -0.25) is 4.79 Å². The Morgan fingerprint density at radius 1 is 1.26 bits per heavy atom. The highest BCUT2D eigenvalue weighted by atomic mass is 32.1. The zero-order chi connectivity index (χ0) is 19.2. The van der Waals surface area contributed by atoms with Gasteiger partial charge in [0.15, 0.2) is 4.80 Å². The maximum Gasteiger partial charge on any atom is 0.254 e. The summed E-state index contributed by atoms with van der Waals surface area (Å²) in [6.07, 6.45) is 6.42. The second-order valence-electron chi connectivity index (χ2n) is 8.95. The van der Waals surface area contributed by atoms with E-state index in [0.717, 1.165) is 50.1 Å². The number of hydrogen-bond acceptors (Lipinski definition) is 4. The van der Waals surface area contributed by atoms with E-state index in [9.17, 15) is 4.79 Å². The highest BCUT2D eigenvalue weighted by Gasteiger charge is 2.61. The van der Waals surface area contributed by atoms with E-state index in [1.54, 1.807) is 18.4 Å². The number of aryl methyl sites for hydroxylation is 1. The molecule has 4 fully saturated rings. The van der Waals surface area contributed by atoms with Gasteiger partial charge < -0.3 is 14.0 Å². The number of carbonyl (C=O) groups excluding carboxylic acids is 1. The van der Waals surface area contributed by atoms with Crippen LogP contribution < -0.4 is 4.80 Å². The summed E-state index contributed by atoms with van der Waals surface area (Å²) >= 11 is 1.62. The highest BCUT2D eigenvalue weighted by molar-refractivity contribution is 7.09. The van der Waals surface area contributed by atoms with Crippen LogP contribution in [0.15, 0.2) is 4.99 Å². The van der Waals surface area contributed by atoms with Crippen LogP contribution in [0.4, 0.5) is 0 Å². The lowest BCUT2D eigenvalue weighted by molar-refractivity contribution is -0.194. The Labute approximate surface area is 165 Å². The molecule has 4 saturated carbocycles. The van der Waals surface area contributed by atoms with Crippen LogP contribution in [0, 0.1) is 31.1 Å². The zero-order valence-electron chi connectivity index (χ0n) is 17.0. The molecule has 1 aromatic rings. The van der Waals surface area contributed by atoms with E-state index < -0.39 is 0 Å². The van der Waals surface area contributed by atoms with Crippen LogP contribution in [0.1, 0.15) is 56.0 Å². The number of rotatable bonds is 6. The lowest BCUT2D eigenvalue weighted by Gasteiger charge is -2.60. The summed E-state index contributed by atoms with van der Waals surface area (Å²) in [6.45, 7) is 8.37. The summed E-state index contributed by atoms with van der Waals surface area (Å²) in [7, 11) is 1.71. The molecule has 4 aliphatic rings. The Kier molecular flexibility index (Phi) is 5.10. The molecule has 5 nitrogen and oxygen atoms in total. The number of thiazole rings is 1. The van der Waals surface area contributed by atoms with Crippen molar-refractivity contribution < 1.29 is 14.3 Å². The summed E-state index contributed by atoms with van der Waals surface area (Å²) < 4.78 is 13.6. The summed E-state index contributed by atoms with van der Waals surface area (Å²) in [4.78, 5) is 20.2. The molecule has 0 saturated heterocycles. The van der Waals surface area contributed by atoms with Crippen LogP contribution in [-0.2, 0) is 20.8 Å². The molecule has 2 unspecified atom stereocenters. The SMILES string of the molecule is CCOC12CC3CC(C1)CC(C(=O)/N=c1\sc(C)c(C)n1CCOC)(C3)C2. The molecule has 0 aliphatic heterocycles. The van der Waals surface area contributed by atoms with Gasteiger partial charge in [-0.2, -0.15) is 4.99 Å². The summed E-state index contributed by atoms with van der Waals surface area (Å²) in [5, 5.41) is 0. The van der Waals surface area contributed by atoms with Crippen LogP contribution in [0.5, 0.6) is 0 Å². The van der Waals surface area contributed by atoms with E-state index in [4.69, 9.17) is 14.5 Å². The second kappa shape index (κ2) is 7.12. The van der Waals surface area contributed by atoms with Gasteiger partial charge in [0, 0.05) is 30.8 Å². The summed E-state index contributed by atoms with van der Waals surface area (Å²) in [6, 6.07) is 0. The predicted octanol–water partition coefficient (Wildman–Crippen LogP) is 3.62. The minimum absolute atomic E-state index is 0.0721. The number of hydrogen-bond donors (Lipinski definition) is 0. The molecule has 150 valence electrons. The van der Waals surface area contributed by atoms with E-state index >= 15 is 0 Å². The van der Waals surface area contributed by atoms with Crippen LogP contribution in [0.3, 0.4) is 0 Å². The zero-order valence-corrected chi connectivity index (χ0v) is 17.9. The fourth-order valence-corrected chi connectivity index (χ4v) is 7.24. The summed E-state index contributed by atoms with van der Waals surface area (Å²) in [5.41, 5.74) is 0.807. The molecule has 1 amide bonds. The molecule has 4 aliphatic carbocycles. The Morgan fingerprint density at radius 2 is 1.96 bits per heavy atom. The molecular weight excluding hydrogens is 360 g/mol. The maximum absolute atomic E-state index is 13.5. The summed E-state index contributed by atoms with van der Waals surface area (Å²) in [5.74, 6) is 1.35. The Morgan fingerprint density at radius 3 is 2.59 bits per heavy atom. The lowest BCUT2D eigenvalue weighted by Crippen LogP contribution is -2.59. The van der Waals surface area contributed by atoms with Crippen molar-refractivity contribution >= 4 is 17.2 Å². The van der Waals surface area contributed by atoms with Crippen LogP contribution >= 0.6 is 11.3 Å². The molecule has 4 bridgehead atoms. The number of nitrogens with zero attached hydrogens (tertiary/aromatic N) is 2. The molecule has 0 radical (unpaired) electrons. The molecule has 0 N–H and O–H groups in total. The maximum atomic E-state index is 13.5. The topological polar surface area (TPSA) is 52.8 Å². The number of carbonyl (C=O) groups is 1. The molecule has 1 heterocycles. The average Bonchev–Trinajstić information content (AvgIpc) is 2.85. The first kappa shape index (κ1) is 19.3. The molecule has 5 rings (SSSR count). The first-order chi connectivity index (χ1) is 12.9. The van der Waals surface area contributed by atoms with Crippen molar-refractivity contribution in [3.8, 4) is 0 Å². The van der Waals surface area contributed by atoms with Gasteiger partial charge in [0.2, 0.25) is 0 Å². The minimum atomic E-state index is -0.301. The fraction of sp³-hybridized carbons (Fsp3) is 0.810. The smallest absolute Gasteiger partial charge is 0.254 e. The molecule has 0 spiro atoms.